The lowest BCUT2D eigenvalue weighted by atomic mass is 9.93. The van der Waals surface area contributed by atoms with Crippen LogP contribution in [0.4, 0.5) is 11.8 Å². The Hall–Kier alpha value is -2.61. The van der Waals surface area contributed by atoms with E-state index in [1.807, 2.05) is 4.90 Å². The van der Waals surface area contributed by atoms with Crippen LogP contribution in [-0.4, -0.2) is 56.5 Å². The van der Waals surface area contributed by atoms with Gasteiger partial charge in [-0.2, -0.15) is 0 Å². The molecule has 2 fully saturated rings. The average molecular weight is 354 g/mol. The highest BCUT2D eigenvalue weighted by atomic mass is 16.5. The summed E-state index contributed by atoms with van der Waals surface area (Å²) < 4.78 is 5.52. The van der Waals surface area contributed by atoms with Crippen LogP contribution < -0.4 is 5.32 Å². The van der Waals surface area contributed by atoms with Crippen molar-refractivity contribution in [2.24, 2.45) is 0 Å². The molecule has 0 radical (unpaired) electrons. The molecular weight excluding hydrogens is 332 g/mol. The summed E-state index contributed by atoms with van der Waals surface area (Å²) in [6.07, 6.45) is 10.2. The van der Waals surface area contributed by atoms with Gasteiger partial charge in [-0.3, -0.25) is 9.78 Å². The van der Waals surface area contributed by atoms with Crippen molar-refractivity contribution in [3.63, 3.8) is 0 Å². The van der Waals surface area contributed by atoms with Gasteiger partial charge in [0.15, 0.2) is 5.82 Å². The standard InChI is InChI=1S/C18H22N6O2/c25-17(15-3-1-10-26-15)24-8-4-13(5-9-24)14-11-19-12-16(22-14)23-18-20-6-2-7-21-18/h2,6-7,11-13,15H,1,3-5,8-10H2,(H,20,21,22,23)/t15-/m1/s1. The molecule has 2 saturated heterocycles. The van der Waals surface area contributed by atoms with Crippen LogP contribution in [0.25, 0.3) is 0 Å². The van der Waals surface area contributed by atoms with Gasteiger partial charge < -0.3 is 15.0 Å². The first-order valence-corrected chi connectivity index (χ1v) is 9.06. The van der Waals surface area contributed by atoms with E-state index in [0.29, 0.717) is 24.3 Å². The summed E-state index contributed by atoms with van der Waals surface area (Å²) in [5, 5.41) is 3.07. The maximum Gasteiger partial charge on any atom is 0.251 e. The molecule has 1 amide bonds. The monoisotopic (exact) mass is 354 g/mol. The lowest BCUT2D eigenvalue weighted by Gasteiger charge is -2.33. The van der Waals surface area contributed by atoms with Crippen LogP contribution >= 0.6 is 0 Å². The third-order valence-electron chi connectivity index (χ3n) is 4.89. The van der Waals surface area contributed by atoms with E-state index in [9.17, 15) is 4.79 Å². The van der Waals surface area contributed by atoms with E-state index in [4.69, 9.17) is 4.74 Å². The predicted octanol–water partition coefficient (Wildman–Crippen LogP) is 1.90. The van der Waals surface area contributed by atoms with Gasteiger partial charge in [0.1, 0.15) is 6.10 Å². The van der Waals surface area contributed by atoms with Gasteiger partial charge in [-0.1, -0.05) is 0 Å². The maximum absolute atomic E-state index is 12.4. The van der Waals surface area contributed by atoms with Gasteiger partial charge in [-0.25, -0.2) is 15.0 Å². The van der Waals surface area contributed by atoms with Crippen molar-refractivity contribution in [1.82, 2.24) is 24.8 Å². The van der Waals surface area contributed by atoms with E-state index in [0.717, 1.165) is 44.5 Å². The summed E-state index contributed by atoms with van der Waals surface area (Å²) >= 11 is 0. The van der Waals surface area contributed by atoms with Gasteiger partial charge in [0, 0.05) is 44.2 Å². The Kier molecular flexibility index (Phi) is 5.01. The van der Waals surface area contributed by atoms with Gasteiger partial charge >= 0.3 is 0 Å². The fourth-order valence-corrected chi connectivity index (χ4v) is 3.49. The Morgan fingerprint density at radius 1 is 1.15 bits per heavy atom. The molecule has 8 nitrogen and oxygen atoms in total. The molecule has 0 bridgehead atoms. The zero-order valence-electron chi connectivity index (χ0n) is 14.5. The molecule has 1 atom stereocenters. The molecule has 2 aliphatic rings. The van der Waals surface area contributed by atoms with Crippen LogP contribution in [0.2, 0.25) is 0 Å². The van der Waals surface area contributed by atoms with Crippen LogP contribution in [0.15, 0.2) is 30.9 Å². The molecule has 0 spiro atoms. The number of piperidine rings is 1. The molecule has 4 heterocycles. The smallest absolute Gasteiger partial charge is 0.251 e. The van der Waals surface area contributed by atoms with E-state index in [2.05, 4.69) is 25.3 Å². The van der Waals surface area contributed by atoms with E-state index in [1.165, 1.54) is 0 Å². The zero-order valence-corrected chi connectivity index (χ0v) is 14.5. The summed E-state index contributed by atoms with van der Waals surface area (Å²) in [5.41, 5.74) is 0.940. The lowest BCUT2D eigenvalue weighted by Crippen LogP contribution is -2.43. The number of amides is 1. The lowest BCUT2D eigenvalue weighted by molar-refractivity contribution is -0.142. The van der Waals surface area contributed by atoms with Gasteiger partial charge in [0.2, 0.25) is 5.95 Å². The second-order valence-electron chi connectivity index (χ2n) is 6.63. The van der Waals surface area contributed by atoms with Gasteiger partial charge in [-0.05, 0) is 31.7 Å². The number of ether oxygens (including phenoxy) is 1. The zero-order chi connectivity index (χ0) is 17.8. The molecule has 0 aromatic carbocycles. The topological polar surface area (TPSA) is 93.1 Å². The number of hydrogen-bond donors (Lipinski definition) is 1. The van der Waals surface area contributed by atoms with Crippen molar-refractivity contribution in [2.45, 2.75) is 37.7 Å². The molecule has 136 valence electrons. The fourth-order valence-electron chi connectivity index (χ4n) is 3.49. The summed E-state index contributed by atoms with van der Waals surface area (Å²) in [6.45, 7) is 2.18. The number of aromatic nitrogens is 4. The SMILES string of the molecule is O=C([C@H]1CCCO1)N1CCC(c2cncc(Nc3ncccn3)n2)CC1. The Bertz CT molecular complexity index is 742. The first-order valence-electron chi connectivity index (χ1n) is 9.06. The number of carbonyl (C=O) groups is 1. The second kappa shape index (κ2) is 7.74. The van der Waals surface area contributed by atoms with Crippen molar-refractivity contribution in [2.75, 3.05) is 25.0 Å². The molecule has 26 heavy (non-hydrogen) atoms. The molecule has 2 aromatic rings. The number of hydrogen-bond acceptors (Lipinski definition) is 7. The van der Waals surface area contributed by atoms with E-state index >= 15 is 0 Å². The van der Waals surface area contributed by atoms with Crippen molar-refractivity contribution in [1.29, 1.82) is 0 Å². The molecule has 4 rings (SSSR count). The summed E-state index contributed by atoms with van der Waals surface area (Å²) in [5.74, 6) is 1.57. The molecule has 8 heteroatoms. The van der Waals surface area contributed by atoms with E-state index in [1.54, 1.807) is 30.9 Å². The minimum absolute atomic E-state index is 0.142. The van der Waals surface area contributed by atoms with Crippen molar-refractivity contribution < 1.29 is 9.53 Å². The number of rotatable bonds is 4. The number of carbonyl (C=O) groups excluding carboxylic acids is 1. The molecule has 0 saturated carbocycles. The number of anilines is 2. The Labute approximate surface area is 152 Å². The number of likely N-dealkylation sites (tertiary alicyclic amines) is 1. The maximum atomic E-state index is 12.4. The minimum atomic E-state index is -0.232. The highest BCUT2D eigenvalue weighted by Gasteiger charge is 2.31. The largest absolute Gasteiger partial charge is 0.368 e. The van der Waals surface area contributed by atoms with Crippen molar-refractivity contribution >= 4 is 17.7 Å². The highest BCUT2D eigenvalue weighted by Crippen LogP contribution is 2.28. The van der Waals surface area contributed by atoms with Crippen LogP contribution in [0.5, 0.6) is 0 Å². The van der Waals surface area contributed by atoms with Gasteiger partial charge in [0.25, 0.3) is 5.91 Å². The van der Waals surface area contributed by atoms with Gasteiger partial charge in [0.05, 0.1) is 11.9 Å². The summed E-state index contributed by atoms with van der Waals surface area (Å²) in [4.78, 5) is 31.6. The normalized spacial score (nSPS) is 20.9. The molecule has 2 aliphatic heterocycles. The highest BCUT2D eigenvalue weighted by molar-refractivity contribution is 5.81. The van der Waals surface area contributed by atoms with E-state index < -0.39 is 0 Å². The molecular formula is C18H22N6O2. The van der Waals surface area contributed by atoms with Crippen LogP contribution in [0.3, 0.4) is 0 Å². The molecule has 2 aromatic heterocycles. The number of nitrogens with zero attached hydrogens (tertiary/aromatic N) is 5. The predicted molar refractivity (Wildman–Crippen MR) is 94.9 cm³/mol. The Morgan fingerprint density at radius 3 is 2.69 bits per heavy atom. The summed E-state index contributed by atoms with van der Waals surface area (Å²) in [6, 6.07) is 1.76. The van der Waals surface area contributed by atoms with E-state index in [-0.39, 0.29) is 12.0 Å². The molecule has 0 unspecified atom stereocenters. The second-order valence-corrected chi connectivity index (χ2v) is 6.63. The van der Waals surface area contributed by atoms with Crippen LogP contribution in [0, 0.1) is 0 Å². The Balaban J connectivity index is 1.37. The van der Waals surface area contributed by atoms with Crippen LogP contribution in [0.1, 0.15) is 37.3 Å². The quantitative estimate of drug-likeness (QED) is 0.896. The van der Waals surface area contributed by atoms with Gasteiger partial charge in [-0.15, -0.1) is 0 Å². The first kappa shape index (κ1) is 16.8. The first-order chi connectivity index (χ1) is 12.8. The van der Waals surface area contributed by atoms with Crippen LogP contribution in [-0.2, 0) is 9.53 Å². The average Bonchev–Trinajstić information content (AvgIpc) is 3.23. The minimum Gasteiger partial charge on any atom is -0.368 e. The third kappa shape index (κ3) is 3.80. The Morgan fingerprint density at radius 2 is 1.96 bits per heavy atom. The molecule has 0 aliphatic carbocycles. The number of nitrogens with one attached hydrogen (secondary N) is 1. The molecule has 1 N–H and O–H groups in total. The van der Waals surface area contributed by atoms with Crippen molar-refractivity contribution in [3.8, 4) is 0 Å². The fraction of sp³-hybridized carbons (Fsp3) is 0.500. The third-order valence-corrected chi connectivity index (χ3v) is 4.89. The summed E-state index contributed by atoms with van der Waals surface area (Å²) in [7, 11) is 0. The van der Waals surface area contributed by atoms with Crippen molar-refractivity contribution in [3.05, 3.63) is 36.5 Å².